The van der Waals surface area contributed by atoms with Crippen LogP contribution in [-0.4, -0.2) is 29.4 Å². The molecule has 1 rings (SSSR count). The molecule has 4 heteroatoms. The molecule has 4 nitrogen and oxygen atoms in total. The van der Waals surface area contributed by atoms with Crippen molar-refractivity contribution in [2.45, 2.75) is 26.2 Å². The van der Waals surface area contributed by atoms with E-state index in [0.717, 1.165) is 25.8 Å². The van der Waals surface area contributed by atoms with Crippen LogP contribution >= 0.6 is 0 Å². The predicted octanol–water partition coefficient (Wildman–Crippen LogP) is 2.22. The van der Waals surface area contributed by atoms with Gasteiger partial charge >= 0.3 is 0 Å². The standard InChI is InChI=1S/C13H17N3O/c1-3-4-5-8-16(2)13(17)12-7-6-11(9-14)10-15-12/h6-7,10H,3-5,8H2,1-2H3. The number of amides is 1. The van der Waals surface area contributed by atoms with E-state index < -0.39 is 0 Å². The fourth-order valence-electron chi connectivity index (χ4n) is 1.48. The molecule has 0 atom stereocenters. The monoisotopic (exact) mass is 231 g/mol. The molecule has 0 saturated heterocycles. The summed E-state index contributed by atoms with van der Waals surface area (Å²) in [5.41, 5.74) is 0.859. The van der Waals surface area contributed by atoms with Gasteiger partial charge in [-0.05, 0) is 18.6 Å². The zero-order chi connectivity index (χ0) is 12.7. The highest BCUT2D eigenvalue weighted by Crippen LogP contribution is 2.04. The number of nitriles is 1. The highest BCUT2D eigenvalue weighted by atomic mass is 16.2. The van der Waals surface area contributed by atoms with E-state index in [9.17, 15) is 4.79 Å². The summed E-state index contributed by atoms with van der Waals surface area (Å²) in [6.07, 6.45) is 4.69. The van der Waals surface area contributed by atoms with Gasteiger partial charge in [0.1, 0.15) is 11.8 Å². The Morgan fingerprint density at radius 1 is 1.47 bits per heavy atom. The van der Waals surface area contributed by atoms with Gasteiger partial charge in [0.2, 0.25) is 0 Å². The van der Waals surface area contributed by atoms with Crippen molar-refractivity contribution in [2.24, 2.45) is 0 Å². The van der Waals surface area contributed by atoms with E-state index in [1.54, 1.807) is 24.1 Å². The maximum atomic E-state index is 11.9. The molecule has 0 aliphatic carbocycles. The first kappa shape index (κ1) is 13.2. The van der Waals surface area contributed by atoms with Gasteiger partial charge in [0.05, 0.1) is 5.56 Å². The lowest BCUT2D eigenvalue weighted by molar-refractivity contribution is 0.0787. The number of carbonyl (C=O) groups excluding carboxylic acids is 1. The minimum absolute atomic E-state index is 0.0920. The number of nitrogens with zero attached hydrogens (tertiary/aromatic N) is 3. The smallest absolute Gasteiger partial charge is 0.272 e. The first-order chi connectivity index (χ1) is 8.19. The van der Waals surface area contributed by atoms with Crippen molar-refractivity contribution >= 4 is 5.91 Å². The van der Waals surface area contributed by atoms with Crippen LogP contribution in [0.15, 0.2) is 18.3 Å². The Balaban J connectivity index is 2.59. The highest BCUT2D eigenvalue weighted by Gasteiger charge is 2.12. The molecule has 1 aromatic rings. The molecule has 0 bridgehead atoms. The first-order valence-electron chi connectivity index (χ1n) is 5.80. The lowest BCUT2D eigenvalue weighted by atomic mass is 10.2. The lowest BCUT2D eigenvalue weighted by Crippen LogP contribution is -2.28. The summed E-state index contributed by atoms with van der Waals surface area (Å²) < 4.78 is 0. The summed E-state index contributed by atoms with van der Waals surface area (Å²) in [4.78, 5) is 17.6. The molecule has 0 aliphatic heterocycles. The third-order valence-corrected chi connectivity index (χ3v) is 2.56. The molecule has 0 aliphatic rings. The van der Waals surface area contributed by atoms with Crippen molar-refractivity contribution < 1.29 is 4.79 Å². The molecule has 1 heterocycles. The molecular weight excluding hydrogens is 214 g/mol. The van der Waals surface area contributed by atoms with Crippen molar-refractivity contribution in [1.29, 1.82) is 5.26 Å². The van der Waals surface area contributed by atoms with Crippen LogP contribution in [-0.2, 0) is 0 Å². The van der Waals surface area contributed by atoms with Gasteiger partial charge in [-0.15, -0.1) is 0 Å². The van der Waals surface area contributed by atoms with Gasteiger partial charge in [-0.3, -0.25) is 4.79 Å². The van der Waals surface area contributed by atoms with Crippen molar-refractivity contribution in [2.75, 3.05) is 13.6 Å². The van der Waals surface area contributed by atoms with E-state index in [0.29, 0.717) is 11.3 Å². The molecule has 0 spiro atoms. The van der Waals surface area contributed by atoms with E-state index in [-0.39, 0.29) is 5.91 Å². The van der Waals surface area contributed by atoms with Gasteiger partial charge in [-0.2, -0.15) is 5.26 Å². The summed E-state index contributed by atoms with van der Waals surface area (Å²) in [5.74, 6) is -0.0920. The Labute approximate surface area is 102 Å². The number of aromatic nitrogens is 1. The number of unbranched alkanes of at least 4 members (excludes halogenated alkanes) is 2. The Bertz CT molecular complexity index is 406. The molecule has 0 fully saturated rings. The maximum absolute atomic E-state index is 11.9. The van der Waals surface area contributed by atoms with E-state index in [1.807, 2.05) is 6.07 Å². The van der Waals surface area contributed by atoms with Crippen LogP contribution in [0, 0.1) is 11.3 Å². The minimum Gasteiger partial charge on any atom is -0.340 e. The Morgan fingerprint density at radius 2 is 2.24 bits per heavy atom. The first-order valence-corrected chi connectivity index (χ1v) is 5.80. The summed E-state index contributed by atoms with van der Waals surface area (Å²) in [7, 11) is 1.78. The summed E-state index contributed by atoms with van der Waals surface area (Å²) in [6.45, 7) is 2.87. The summed E-state index contributed by atoms with van der Waals surface area (Å²) in [5, 5.41) is 8.63. The van der Waals surface area contributed by atoms with Gasteiger partial charge in [-0.25, -0.2) is 4.98 Å². The molecule has 0 aromatic carbocycles. The van der Waals surface area contributed by atoms with Crippen molar-refractivity contribution in [3.63, 3.8) is 0 Å². The zero-order valence-electron chi connectivity index (χ0n) is 10.3. The third-order valence-electron chi connectivity index (χ3n) is 2.56. The van der Waals surface area contributed by atoms with Crippen molar-refractivity contribution in [1.82, 2.24) is 9.88 Å². The van der Waals surface area contributed by atoms with E-state index >= 15 is 0 Å². The average Bonchev–Trinajstić information content (AvgIpc) is 2.38. The van der Waals surface area contributed by atoms with Crippen LogP contribution in [0.5, 0.6) is 0 Å². The number of rotatable bonds is 5. The van der Waals surface area contributed by atoms with Crippen LogP contribution in [0.4, 0.5) is 0 Å². The number of carbonyl (C=O) groups is 1. The Kier molecular flexibility index (Phi) is 5.15. The van der Waals surface area contributed by atoms with Crippen LogP contribution in [0.1, 0.15) is 42.2 Å². The SMILES string of the molecule is CCCCCN(C)C(=O)c1ccc(C#N)cn1. The van der Waals surface area contributed by atoms with Gasteiger partial charge in [0, 0.05) is 19.8 Å². The second-order valence-electron chi connectivity index (χ2n) is 3.98. The molecule has 0 saturated carbocycles. The highest BCUT2D eigenvalue weighted by molar-refractivity contribution is 5.92. The zero-order valence-corrected chi connectivity index (χ0v) is 10.3. The quantitative estimate of drug-likeness (QED) is 0.730. The molecule has 0 N–H and O–H groups in total. The van der Waals surface area contributed by atoms with Crippen molar-refractivity contribution in [3.05, 3.63) is 29.6 Å². The second-order valence-corrected chi connectivity index (χ2v) is 3.98. The maximum Gasteiger partial charge on any atom is 0.272 e. The van der Waals surface area contributed by atoms with Crippen LogP contribution in [0.25, 0.3) is 0 Å². The van der Waals surface area contributed by atoms with E-state index in [2.05, 4.69) is 11.9 Å². The molecule has 1 amide bonds. The fraction of sp³-hybridized carbons (Fsp3) is 0.462. The largest absolute Gasteiger partial charge is 0.340 e. The molecule has 0 radical (unpaired) electrons. The molecule has 17 heavy (non-hydrogen) atoms. The lowest BCUT2D eigenvalue weighted by Gasteiger charge is -2.16. The molecular formula is C13H17N3O. The Hall–Kier alpha value is -1.89. The van der Waals surface area contributed by atoms with E-state index in [1.165, 1.54) is 6.20 Å². The van der Waals surface area contributed by atoms with Crippen LogP contribution in [0.2, 0.25) is 0 Å². The second kappa shape index (κ2) is 6.64. The van der Waals surface area contributed by atoms with Gasteiger partial charge in [-0.1, -0.05) is 19.8 Å². The third kappa shape index (κ3) is 3.87. The number of hydrogen-bond acceptors (Lipinski definition) is 3. The topological polar surface area (TPSA) is 57.0 Å². The fourth-order valence-corrected chi connectivity index (χ4v) is 1.48. The normalized spacial score (nSPS) is 9.71. The van der Waals surface area contributed by atoms with Crippen molar-refractivity contribution in [3.8, 4) is 6.07 Å². The van der Waals surface area contributed by atoms with Gasteiger partial charge < -0.3 is 4.90 Å². The Morgan fingerprint density at radius 3 is 2.76 bits per heavy atom. The molecule has 90 valence electrons. The van der Waals surface area contributed by atoms with E-state index in [4.69, 9.17) is 5.26 Å². The number of hydrogen-bond donors (Lipinski definition) is 0. The van der Waals surface area contributed by atoms with Crippen LogP contribution < -0.4 is 0 Å². The van der Waals surface area contributed by atoms with Gasteiger partial charge in [0.25, 0.3) is 5.91 Å². The van der Waals surface area contributed by atoms with Gasteiger partial charge in [0.15, 0.2) is 0 Å². The summed E-state index contributed by atoms with van der Waals surface area (Å²) in [6, 6.07) is 5.18. The van der Waals surface area contributed by atoms with Crippen LogP contribution in [0.3, 0.4) is 0 Å². The minimum atomic E-state index is -0.0920. The average molecular weight is 231 g/mol. The molecule has 1 aromatic heterocycles. The summed E-state index contributed by atoms with van der Waals surface area (Å²) >= 11 is 0. The number of pyridine rings is 1. The molecule has 0 unspecified atom stereocenters. The predicted molar refractivity (Wildman–Crippen MR) is 65.4 cm³/mol.